The number of primary amides is 1. The number of rotatable bonds is 9. The number of amides is 2. The van der Waals surface area contributed by atoms with Crippen LogP contribution in [0.3, 0.4) is 0 Å². The van der Waals surface area contributed by atoms with Crippen LogP contribution in [0.4, 0.5) is 5.69 Å². The Balaban J connectivity index is 1.69. The Morgan fingerprint density at radius 3 is 2.48 bits per heavy atom. The third-order valence-corrected chi connectivity index (χ3v) is 5.60. The van der Waals surface area contributed by atoms with E-state index in [1.165, 1.54) is 12.0 Å². The summed E-state index contributed by atoms with van der Waals surface area (Å²) < 4.78 is 15.2. The lowest BCUT2D eigenvalue weighted by Crippen LogP contribution is -2.53. The van der Waals surface area contributed by atoms with Crippen LogP contribution < -0.4 is 10.6 Å². The van der Waals surface area contributed by atoms with Gasteiger partial charge in [0.25, 0.3) is 5.91 Å². The van der Waals surface area contributed by atoms with Gasteiger partial charge < -0.3 is 29.7 Å². The van der Waals surface area contributed by atoms with Gasteiger partial charge in [-0.1, -0.05) is 0 Å². The highest BCUT2D eigenvalue weighted by atomic mass is 16.7. The lowest BCUT2D eigenvalue weighted by molar-refractivity contribution is -0.142. The van der Waals surface area contributed by atoms with E-state index >= 15 is 0 Å². The zero-order valence-electron chi connectivity index (χ0n) is 16.9. The van der Waals surface area contributed by atoms with Crippen LogP contribution in [-0.4, -0.2) is 69.4 Å². The molecule has 2 heterocycles. The monoisotopic (exact) mass is 405 g/mol. The maximum absolute atomic E-state index is 12.8. The van der Waals surface area contributed by atoms with Crippen molar-refractivity contribution in [1.82, 2.24) is 4.90 Å². The molecule has 9 heteroatoms. The lowest BCUT2D eigenvalue weighted by atomic mass is 9.97. The van der Waals surface area contributed by atoms with E-state index in [0.717, 1.165) is 24.3 Å². The largest absolute Gasteiger partial charge is 0.469 e. The standard InChI is InChI=1S/C20H27N3O6/c1-27-17(24)7-6-16(18(21)25)23-11-12-8-14(4-5-15(12)19(23)26)22-9-13(10-22)20(28-2)29-3/h4-5,8,13,16,20H,6-7,9-11H2,1-3H3,(H2,21,25)/t16-/m0/s1. The fourth-order valence-electron chi connectivity index (χ4n) is 3.96. The Morgan fingerprint density at radius 2 is 1.90 bits per heavy atom. The van der Waals surface area contributed by atoms with Gasteiger partial charge in [-0.15, -0.1) is 0 Å². The van der Waals surface area contributed by atoms with Crippen molar-refractivity contribution in [2.45, 2.75) is 31.7 Å². The molecule has 1 atom stereocenters. The maximum atomic E-state index is 12.8. The van der Waals surface area contributed by atoms with Crippen molar-refractivity contribution >= 4 is 23.5 Å². The number of hydrogen-bond acceptors (Lipinski definition) is 7. The van der Waals surface area contributed by atoms with E-state index in [9.17, 15) is 14.4 Å². The first-order valence-corrected chi connectivity index (χ1v) is 9.50. The van der Waals surface area contributed by atoms with E-state index in [1.807, 2.05) is 12.1 Å². The second-order valence-corrected chi connectivity index (χ2v) is 7.31. The number of hydrogen-bond donors (Lipinski definition) is 1. The highest BCUT2D eigenvalue weighted by Crippen LogP contribution is 2.33. The first-order chi connectivity index (χ1) is 13.9. The number of nitrogens with two attached hydrogens (primary N) is 1. The van der Waals surface area contributed by atoms with Gasteiger partial charge in [-0.25, -0.2) is 0 Å². The van der Waals surface area contributed by atoms with Gasteiger partial charge in [0.2, 0.25) is 5.91 Å². The van der Waals surface area contributed by atoms with Gasteiger partial charge in [0, 0.05) is 57.4 Å². The quantitative estimate of drug-likeness (QED) is 0.470. The van der Waals surface area contributed by atoms with Crippen LogP contribution in [-0.2, 0) is 30.3 Å². The third kappa shape index (κ3) is 4.20. The maximum Gasteiger partial charge on any atom is 0.305 e. The van der Waals surface area contributed by atoms with Crippen LogP contribution in [0.5, 0.6) is 0 Å². The number of anilines is 1. The second-order valence-electron chi connectivity index (χ2n) is 7.31. The van der Waals surface area contributed by atoms with Crippen LogP contribution in [0.15, 0.2) is 18.2 Å². The summed E-state index contributed by atoms with van der Waals surface area (Å²) in [5.74, 6) is -1.04. The summed E-state index contributed by atoms with van der Waals surface area (Å²) in [6.45, 7) is 1.88. The molecule has 2 aliphatic rings. The fraction of sp³-hybridized carbons (Fsp3) is 0.550. The molecule has 29 heavy (non-hydrogen) atoms. The molecule has 0 saturated carbocycles. The molecule has 2 amide bonds. The number of nitrogens with zero attached hydrogens (tertiary/aromatic N) is 2. The zero-order chi connectivity index (χ0) is 21.1. The molecule has 158 valence electrons. The Bertz CT molecular complexity index is 788. The highest BCUT2D eigenvalue weighted by molar-refractivity contribution is 6.01. The van der Waals surface area contributed by atoms with Crippen molar-refractivity contribution in [2.75, 3.05) is 39.3 Å². The van der Waals surface area contributed by atoms with Gasteiger partial charge in [-0.3, -0.25) is 14.4 Å². The summed E-state index contributed by atoms with van der Waals surface area (Å²) in [6, 6.07) is 4.80. The summed E-state index contributed by atoms with van der Waals surface area (Å²) in [7, 11) is 4.53. The minimum atomic E-state index is -0.852. The van der Waals surface area contributed by atoms with Gasteiger partial charge >= 0.3 is 5.97 Å². The molecule has 1 fully saturated rings. The minimum Gasteiger partial charge on any atom is -0.469 e. The summed E-state index contributed by atoms with van der Waals surface area (Å²) in [6.07, 6.45) is -0.0771. The number of benzene rings is 1. The molecule has 9 nitrogen and oxygen atoms in total. The first kappa shape index (κ1) is 21.1. The number of ether oxygens (including phenoxy) is 3. The molecule has 1 aromatic carbocycles. The van der Waals surface area contributed by atoms with Gasteiger partial charge in [-0.2, -0.15) is 0 Å². The number of methoxy groups -OCH3 is 3. The molecule has 1 aromatic rings. The van der Waals surface area contributed by atoms with Crippen molar-refractivity contribution in [1.29, 1.82) is 0 Å². The van der Waals surface area contributed by atoms with Crippen molar-refractivity contribution in [2.24, 2.45) is 11.7 Å². The Hall–Kier alpha value is -2.65. The average Bonchev–Trinajstić information content (AvgIpc) is 2.99. The molecule has 0 spiro atoms. The van der Waals surface area contributed by atoms with E-state index in [-0.39, 0.29) is 37.5 Å². The molecule has 0 unspecified atom stereocenters. The number of fused-ring (bicyclic) bond motifs is 1. The molecule has 3 rings (SSSR count). The third-order valence-electron chi connectivity index (χ3n) is 5.60. The predicted octanol–water partition coefficient (Wildman–Crippen LogP) is 0.505. The molecule has 0 radical (unpaired) electrons. The summed E-state index contributed by atoms with van der Waals surface area (Å²) >= 11 is 0. The number of esters is 1. The van der Waals surface area contributed by atoms with Gasteiger partial charge in [0.1, 0.15) is 6.04 Å². The van der Waals surface area contributed by atoms with E-state index in [1.54, 1.807) is 20.3 Å². The van der Waals surface area contributed by atoms with E-state index in [2.05, 4.69) is 9.64 Å². The number of carbonyl (C=O) groups is 3. The topological polar surface area (TPSA) is 111 Å². The van der Waals surface area contributed by atoms with Gasteiger partial charge in [0.15, 0.2) is 6.29 Å². The van der Waals surface area contributed by atoms with Gasteiger partial charge in [-0.05, 0) is 30.2 Å². The summed E-state index contributed by atoms with van der Waals surface area (Å²) in [4.78, 5) is 39.8. The SMILES string of the molecule is COC(=O)CC[C@@H](C(N)=O)N1Cc2cc(N3CC(C(OC)OC)C3)ccc2C1=O. The van der Waals surface area contributed by atoms with Crippen molar-refractivity contribution in [3.8, 4) is 0 Å². The van der Waals surface area contributed by atoms with Crippen molar-refractivity contribution in [3.05, 3.63) is 29.3 Å². The molecular formula is C20H27N3O6. The Kier molecular flexibility index (Phi) is 6.39. The van der Waals surface area contributed by atoms with E-state index < -0.39 is 17.9 Å². The lowest BCUT2D eigenvalue weighted by Gasteiger charge is -2.43. The number of carbonyl (C=O) groups excluding carboxylic acids is 3. The summed E-state index contributed by atoms with van der Waals surface area (Å²) in [5.41, 5.74) is 7.91. The van der Waals surface area contributed by atoms with Crippen LogP contribution in [0.25, 0.3) is 0 Å². The Morgan fingerprint density at radius 1 is 1.21 bits per heavy atom. The Labute approximate surface area is 169 Å². The molecule has 2 N–H and O–H groups in total. The van der Waals surface area contributed by atoms with E-state index in [4.69, 9.17) is 15.2 Å². The molecule has 0 aromatic heterocycles. The zero-order valence-corrected chi connectivity index (χ0v) is 16.9. The highest BCUT2D eigenvalue weighted by Gasteiger charge is 2.38. The smallest absolute Gasteiger partial charge is 0.305 e. The average molecular weight is 405 g/mol. The normalized spacial score (nSPS) is 17.3. The van der Waals surface area contributed by atoms with E-state index in [0.29, 0.717) is 5.56 Å². The molecular weight excluding hydrogens is 378 g/mol. The van der Waals surface area contributed by atoms with Crippen molar-refractivity contribution in [3.63, 3.8) is 0 Å². The minimum absolute atomic E-state index is 0.0187. The predicted molar refractivity (Wildman–Crippen MR) is 104 cm³/mol. The molecule has 0 aliphatic carbocycles. The molecule has 1 saturated heterocycles. The van der Waals surface area contributed by atoms with Crippen LogP contribution in [0, 0.1) is 5.92 Å². The molecule has 0 bridgehead atoms. The molecule has 2 aliphatic heterocycles. The summed E-state index contributed by atoms with van der Waals surface area (Å²) in [5, 5.41) is 0. The van der Waals surface area contributed by atoms with Gasteiger partial charge in [0.05, 0.1) is 7.11 Å². The van der Waals surface area contributed by atoms with Crippen LogP contribution in [0.1, 0.15) is 28.8 Å². The van der Waals surface area contributed by atoms with Crippen LogP contribution in [0.2, 0.25) is 0 Å². The second kappa shape index (κ2) is 8.79. The van der Waals surface area contributed by atoms with Crippen LogP contribution >= 0.6 is 0 Å². The first-order valence-electron chi connectivity index (χ1n) is 9.50. The van der Waals surface area contributed by atoms with Crippen molar-refractivity contribution < 1.29 is 28.6 Å². The fourth-order valence-corrected chi connectivity index (χ4v) is 3.96.